The largest absolute Gasteiger partial charge is 0.496 e. The molecule has 0 aliphatic heterocycles. The Kier molecular flexibility index (Phi) is 3.95. The van der Waals surface area contributed by atoms with Gasteiger partial charge in [0.25, 0.3) is 0 Å². The van der Waals surface area contributed by atoms with E-state index in [1.54, 1.807) is 25.3 Å². The second-order valence-corrected chi connectivity index (χ2v) is 4.09. The van der Waals surface area contributed by atoms with E-state index < -0.39 is 6.10 Å². The number of aliphatic hydroxyl groups excluding tert-OH is 1. The minimum atomic E-state index is -0.706. The Bertz CT molecular complexity index is 525. The monoisotopic (exact) mass is 246 g/mol. The predicted molar refractivity (Wildman–Crippen MR) is 68.1 cm³/mol. The average Bonchev–Trinajstić information content (AvgIpc) is 2.38. The molecule has 0 radical (unpaired) electrons. The van der Waals surface area contributed by atoms with Crippen molar-refractivity contribution in [1.82, 2.24) is 0 Å². The maximum absolute atomic E-state index is 13.1. The van der Waals surface area contributed by atoms with Gasteiger partial charge in [-0.1, -0.05) is 30.3 Å². The summed E-state index contributed by atoms with van der Waals surface area (Å²) in [5.41, 5.74) is 1.47. The highest BCUT2D eigenvalue weighted by atomic mass is 19.1. The highest BCUT2D eigenvalue weighted by Gasteiger charge is 2.13. The van der Waals surface area contributed by atoms with Gasteiger partial charge in [0, 0.05) is 12.0 Å². The molecule has 0 spiro atoms. The second kappa shape index (κ2) is 5.65. The molecule has 18 heavy (non-hydrogen) atoms. The predicted octanol–water partition coefficient (Wildman–Crippen LogP) is 3.11. The number of rotatable bonds is 4. The molecule has 0 fully saturated rings. The molecule has 0 amide bonds. The van der Waals surface area contributed by atoms with Gasteiger partial charge in [0.1, 0.15) is 11.6 Å². The van der Waals surface area contributed by atoms with Crippen LogP contribution in [0.15, 0.2) is 48.5 Å². The first-order valence-electron chi connectivity index (χ1n) is 5.76. The van der Waals surface area contributed by atoms with E-state index >= 15 is 0 Å². The molecular weight excluding hydrogens is 231 g/mol. The molecule has 0 aliphatic carbocycles. The maximum Gasteiger partial charge on any atom is 0.124 e. The molecule has 1 N–H and O–H groups in total. The first-order chi connectivity index (χ1) is 8.70. The number of aliphatic hydroxyl groups is 1. The Morgan fingerprint density at radius 2 is 1.94 bits per heavy atom. The summed E-state index contributed by atoms with van der Waals surface area (Å²) in [7, 11) is 1.56. The summed E-state index contributed by atoms with van der Waals surface area (Å²) in [5.74, 6) is 0.348. The van der Waals surface area contributed by atoms with E-state index in [2.05, 4.69) is 0 Å². The quantitative estimate of drug-likeness (QED) is 0.898. The number of hydrogen-bond donors (Lipinski definition) is 1. The summed E-state index contributed by atoms with van der Waals surface area (Å²) in [4.78, 5) is 0. The van der Waals surface area contributed by atoms with Crippen LogP contribution >= 0.6 is 0 Å². The molecule has 0 saturated carbocycles. The lowest BCUT2D eigenvalue weighted by Gasteiger charge is -2.14. The molecule has 0 saturated heterocycles. The number of halogens is 1. The zero-order valence-corrected chi connectivity index (χ0v) is 10.1. The Hall–Kier alpha value is -1.87. The molecule has 2 aromatic rings. The van der Waals surface area contributed by atoms with Crippen molar-refractivity contribution < 1.29 is 14.2 Å². The van der Waals surface area contributed by atoms with Crippen LogP contribution in [0.1, 0.15) is 17.2 Å². The zero-order valence-electron chi connectivity index (χ0n) is 10.1. The number of hydrogen-bond acceptors (Lipinski definition) is 2. The van der Waals surface area contributed by atoms with Gasteiger partial charge in [0.2, 0.25) is 0 Å². The number of para-hydroxylation sites is 1. The van der Waals surface area contributed by atoms with Gasteiger partial charge in [-0.25, -0.2) is 4.39 Å². The van der Waals surface area contributed by atoms with E-state index in [0.29, 0.717) is 17.7 Å². The highest BCUT2D eigenvalue weighted by Crippen LogP contribution is 2.27. The third-order valence-corrected chi connectivity index (χ3v) is 2.82. The molecule has 94 valence electrons. The molecule has 2 aromatic carbocycles. The SMILES string of the molecule is COc1ccccc1C(O)Cc1cccc(F)c1. The van der Waals surface area contributed by atoms with Crippen molar-refractivity contribution in [3.63, 3.8) is 0 Å². The summed E-state index contributed by atoms with van der Waals surface area (Å²) in [5, 5.41) is 10.2. The van der Waals surface area contributed by atoms with Gasteiger partial charge >= 0.3 is 0 Å². The van der Waals surface area contributed by atoms with Crippen molar-refractivity contribution in [2.24, 2.45) is 0 Å². The Morgan fingerprint density at radius 1 is 1.17 bits per heavy atom. The average molecular weight is 246 g/mol. The molecule has 1 atom stereocenters. The first-order valence-corrected chi connectivity index (χ1v) is 5.76. The van der Waals surface area contributed by atoms with Crippen LogP contribution < -0.4 is 4.74 Å². The van der Waals surface area contributed by atoms with Gasteiger partial charge in [0.05, 0.1) is 13.2 Å². The number of methoxy groups -OCH3 is 1. The topological polar surface area (TPSA) is 29.5 Å². The summed E-state index contributed by atoms with van der Waals surface area (Å²) >= 11 is 0. The standard InChI is InChI=1S/C15H15FO2/c1-18-15-8-3-2-7-13(15)14(17)10-11-5-4-6-12(16)9-11/h2-9,14,17H,10H2,1H3. The van der Waals surface area contributed by atoms with Gasteiger partial charge in [-0.3, -0.25) is 0 Å². The lowest BCUT2D eigenvalue weighted by molar-refractivity contribution is 0.174. The van der Waals surface area contributed by atoms with E-state index in [4.69, 9.17) is 4.74 Å². The van der Waals surface area contributed by atoms with Crippen LogP contribution in [0.3, 0.4) is 0 Å². The first kappa shape index (κ1) is 12.6. The van der Waals surface area contributed by atoms with Crippen LogP contribution in [0.2, 0.25) is 0 Å². The van der Waals surface area contributed by atoms with Crippen molar-refractivity contribution in [2.45, 2.75) is 12.5 Å². The van der Waals surface area contributed by atoms with Crippen molar-refractivity contribution in [3.05, 3.63) is 65.5 Å². The van der Waals surface area contributed by atoms with Crippen LogP contribution in [-0.4, -0.2) is 12.2 Å². The van der Waals surface area contributed by atoms with Crippen molar-refractivity contribution >= 4 is 0 Å². The molecular formula is C15H15FO2. The molecule has 0 heterocycles. The number of benzene rings is 2. The number of ether oxygens (including phenoxy) is 1. The summed E-state index contributed by atoms with van der Waals surface area (Å²) in [6.07, 6.45) is -0.346. The van der Waals surface area contributed by atoms with Crippen molar-refractivity contribution in [1.29, 1.82) is 0 Å². The van der Waals surface area contributed by atoms with Crippen molar-refractivity contribution in [3.8, 4) is 5.75 Å². The van der Waals surface area contributed by atoms with Crippen LogP contribution in [0.5, 0.6) is 5.75 Å². The molecule has 1 unspecified atom stereocenters. The fraction of sp³-hybridized carbons (Fsp3) is 0.200. The normalized spacial score (nSPS) is 12.2. The fourth-order valence-electron chi connectivity index (χ4n) is 1.94. The van der Waals surface area contributed by atoms with Gasteiger partial charge in [-0.15, -0.1) is 0 Å². The van der Waals surface area contributed by atoms with Crippen LogP contribution in [-0.2, 0) is 6.42 Å². The van der Waals surface area contributed by atoms with Gasteiger partial charge < -0.3 is 9.84 Å². The van der Waals surface area contributed by atoms with Crippen LogP contribution in [0, 0.1) is 5.82 Å². The highest BCUT2D eigenvalue weighted by molar-refractivity contribution is 5.36. The zero-order chi connectivity index (χ0) is 13.0. The summed E-state index contributed by atoms with van der Waals surface area (Å²) < 4.78 is 18.3. The molecule has 2 nitrogen and oxygen atoms in total. The van der Waals surface area contributed by atoms with Gasteiger partial charge in [-0.2, -0.15) is 0 Å². The van der Waals surface area contributed by atoms with Crippen LogP contribution in [0.25, 0.3) is 0 Å². The Labute approximate surface area is 106 Å². The van der Waals surface area contributed by atoms with E-state index in [9.17, 15) is 9.50 Å². The maximum atomic E-state index is 13.1. The lowest BCUT2D eigenvalue weighted by Crippen LogP contribution is -2.04. The molecule has 0 bridgehead atoms. The van der Waals surface area contributed by atoms with E-state index in [1.165, 1.54) is 12.1 Å². The summed E-state index contributed by atoms with van der Waals surface area (Å²) in [6, 6.07) is 13.5. The van der Waals surface area contributed by atoms with Crippen molar-refractivity contribution in [2.75, 3.05) is 7.11 Å². The van der Waals surface area contributed by atoms with Gasteiger partial charge in [0.15, 0.2) is 0 Å². The van der Waals surface area contributed by atoms with E-state index in [1.807, 2.05) is 18.2 Å². The Morgan fingerprint density at radius 3 is 2.67 bits per heavy atom. The van der Waals surface area contributed by atoms with Gasteiger partial charge in [-0.05, 0) is 23.8 Å². The smallest absolute Gasteiger partial charge is 0.124 e. The van der Waals surface area contributed by atoms with E-state index in [-0.39, 0.29) is 5.82 Å². The van der Waals surface area contributed by atoms with E-state index in [0.717, 1.165) is 5.56 Å². The third kappa shape index (κ3) is 2.87. The Balaban J connectivity index is 2.19. The molecule has 0 aromatic heterocycles. The lowest BCUT2D eigenvalue weighted by atomic mass is 10.0. The fourth-order valence-corrected chi connectivity index (χ4v) is 1.94. The van der Waals surface area contributed by atoms with Crippen LogP contribution in [0.4, 0.5) is 4.39 Å². The molecule has 3 heteroatoms. The minimum absolute atomic E-state index is 0.292. The third-order valence-electron chi connectivity index (χ3n) is 2.82. The summed E-state index contributed by atoms with van der Waals surface area (Å²) in [6.45, 7) is 0. The molecule has 2 rings (SSSR count). The minimum Gasteiger partial charge on any atom is -0.496 e. The second-order valence-electron chi connectivity index (χ2n) is 4.09. The molecule has 0 aliphatic rings.